The molecule has 2 aliphatic rings. The standard InChI is InChI=1S/C15H17N3O3S2/c1-2-7-16-14(19)10-3-5-11(6-4-10)17-15-18-12-8-23(20,21)9-13(12)22-15/h2-6,12-13H,1,7-9H2,(H,16,19)(H,17,18). The first-order valence-electron chi connectivity index (χ1n) is 7.18. The maximum absolute atomic E-state index is 11.8. The number of amides is 1. The number of carbonyl (C=O) groups is 1. The van der Waals surface area contributed by atoms with Gasteiger partial charge in [0, 0.05) is 23.0 Å². The third kappa shape index (κ3) is 3.76. The largest absolute Gasteiger partial charge is 0.349 e. The Kier molecular flexibility index (Phi) is 4.45. The lowest BCUT2D eigenvalue weighted by molar-refractivity contribution is 0.0958. The van der Waals surface area contributed by atoms with Crippen molar-refractivity contribution < 1.29 is 13.2 Å². The zero-order valence-corrected chi connectivity index (χ0v) is 14.0. The number of aliphatic imine (C=N–C) groups is 1. The first-order valence-corrected chi connectivity index (χ1v) is 9.88. The number of fused-ring (bicyclic) bond motifs is 1. The van der Waals surface area contributed by atoms with E-state index in [1.165, 1.54) is 11.8 Å². The number of carbonyl (C=O) groups excluding carboxylic acids is 1. The van der Waals surface area contributed by atoms with Crippen LogP contribution in [0, 0.1) is 0 Å². The van der Waals surface area contributed by atoms with Gasteiger partial charge in [-0.15, -0.1) is 6.58 Å². The molecule has 23 heavy (non-hydrogen) atoms. The molecule has 2 unspecified atom stereocenters. The highest BCUT2D eigenvalue weighted by molar-refractivity contribution is 8.15. The number of rotatable bonds is 4. The molecule has 0 aliphatic carbocycles. The molecule has 3 rings (SSSR count). The minimum absolute atomic E-state index is 0.0199. The Hall–Kier alpha value is -1.80. The van der Waals surface area contributed by atoms with Crippen molar-refractivity contribution in [2.75, 3.05) is 23.4 Å². The van der Waals surface area contributed by atoms with Gasteiger partial charge in [0.2, 0.25) is 0 Å². The van der Waals surface area contributed by atoms with E-state index in [1.807, 2.05) is 0 Å². The van der Waals surface area contributed by atoms with E-state index < -0.39 is 9.84 Å². The van der Waals surface area contributed by atoms with Crippen LogP contribution in [0.1, 0.15) is 10.4 Å². The fourth-order valence-electron chi connectivity index (χ4n) is 2.51. The topological polar surface area (TPSA) is 87.6 Å². The number of thioether (sulfide) groups is 1. The molecular weight excluding hydrogens is 334 g/mol. The normalized spacial score (nSPS) is 24.6. The van der Waals surface area contributed by atoms with Crippen LogP contribution in [0.2, 0.25) is 0 Å². The highest BCUT2D eigenvalue weighted by Crippen LogP contribution is 2.34. The van der Waals surface area contributed by atoms with Crippen molar-refractivity contribution in [3.8, 4) is 0 Å². The molecule has 2 N–H and O–H groups in total. The SMILES string of the molecule is C=CCNC(=O)c1ccc(NC2=NC3CS(=O)(=O)CC3S2)cc1. The predicted octanol–water partition coefficient (Wildman–Crippen LogP) is 1.28. The molecule has 0 spiro atoms. The van der Waals surface area contributed by atoms with Crippen molar-refractivity contribution in [2.24, 2.45) is 4.99 Å². The second-order valence-electron chi connectivity index (χ2n) is 5.44. The van der Waals surface area contributed by atoms with Gasteiger partial charge < -0.3 is 10.6 Å². The maximum atomic E-state index is 11.8. The Balaban J connectivity index is 1.61. The molecule has 0 saturated carbocycles. The van der Waals surface area contributed by atoms with E-state index in [-0.39, 0.29) is 28.7 Å². The smallest absolute Gasteiger partial charge is 0.251 e. The summed E-state index contributed by atoms with van der Waals surface area (Å²) >= 11 is 1.47. The van der Waals surface area contributed by atoms with Gasteiger partial charge in [-0.25, -0.2) is 8.42 Å². The van der Waals surface area contributed by atoms with Gasteiger partial charge >= 0.3 is 0 Å². The van der Waals surface area contributed by atoms with Gasteiger partial charge in [-0.3, -0.25) is 9.79 Å². The number of hydrogen-bond donors (Lipinski definition) is 2. The lowest BCUT2D eigenvalue weighted by Gasteiger charge is -2.08. The van der Waals surface area contributed by atoms with Crippen molar-refractivity contribution in [3.05, 3.63) is 42.5 Å². The van der Waals surface area contributed by atoms with Crippen molar-refractivity contribution in [2.45, 2.75) is 11.3 Å². The average Bonchev–Trinajstić information content (AvgIpc) is 2.98. The van der Waals surface area contributed by atoms with Gasteiger partial charge in [-0.1, -0.05) is 17.8 Å². The molecule has 1 saturated heterocycles. The molecule has 8 heteroatoms. The molecule has 1 aromatic rings. The number of benzene rings is 1. The van der Waals surface area contributed by atoms with Crippen molar-refractivity contribution in [1.29, 1.82) is 0 Å². The maximum Gasteiger partial charge on any atom is 0.251 e. The molecule has 0 bridgehead atoms. The van der Waals surface area contributed by atoms with Crippen LogP contribution in [0.4, 0.5) is 5.69 Å². The lowest BCUT2D eigenvalue weighted by Crippen LogP contribution is -2.23. The molecule has 1 aromatic carbocycles. The van der Waals surface area contributed by atoms with Crippen LogP contribution in [0.25, 0.3) is 0 Å². The zero-order valence-electron chi connectivity index (χ0n) is 12.4. The first-order chi connectivity index (χ1) is 11.0. The van der Waals surface area contributed by atoms with Crippen molar-refractivity contribution >= 4 is 38.4 Å². The van der Waals surface area contributed by atoms with Crippen LogP contribution >= 0.6 is 11.8 Å². The molecule has 1 amide bonds. The number of sulfone groups is 1. The van der Waals surface area contributed by atoms with E-state index in [0.717, 1.165) is 10.9 Å². The quantitative estimate of drug-likeness (QED) is 0.798. The summed E-state index contributed by atoms with van der Waals surface area (Å²) in [5, 5.41) is 6.64. The second kappa shape index (κ2) is 6.37. The minimum atomic E-state index is -2.93. The highest BCUT2D eigenvalue weighted by Gasteiger charge is 2.42. The zero-order chi connectivity index (χ0) is 16.4. The van der Waals surface area contributed by atoms with Gasteiger partial charge in [0.05, 0.1) is 17.5 Å². The first kappa shape index (κ1) is 16.1. The number of amidine groups is 1. The number of anilines is 1. The summed E-state index contributed by atoms with van der Waals surface area (Å²) in [6, 6.07) is 6.92. The molecular formula is C15H17N3O3S2. The number of nitrogens with zero attached hydrogens (tertiary/aromatic N) is 1. The van der Waals surface area contributed by atoms with Crippen LogP contribution in [-0.2, 0) is 9.84 Å². The summed E-state index contributed by atoms with van der Waals surface area (Å²) in [5.74, 6) is 0.182. The Morgan fingerprint density at radius 2 is 2.09 bits per heavy atom. The van der Waals surface area contributed by atoms with E-state index in [9.17, 15) is 13.2 Å². The van der Waals surface area contributed by atoms with Crippen LogP contribution in [0.3, 0.4) is 0 Å². The Labute approximate surface area is 139 Å². The molecule has 2 heterocycles. The molecule has 2 atom stereocenters. The third-order valence-electron chi connectivity index (χ3n) is 3.62. The molecule has 0 aromatic heterocycles. The fraction of sp³-hybridized carbons (Fsp3) is 0.333. The van der Waals surface area contributed by atoms with Gasteiger partial charge in [0.15, 0.2) is 15.0 Å². The summed E-state index contributed by atoms with van der Waals surface area (Å²) in [6.45, 7) is 3.98. The molecule has 6 nitrogen and oxygen atoms in total. The summed E-state index contributed by atoms with van der Waals surface area (Å²) < 4.78 is 23.1. The van der Waals surface area contributed by atoms with E-state index in [1.54, 1.807) is 30.3 Å². The highest BCUT2D eigenvalue weighted by atomic mass is 32.2. The average molecular weight is 351 g/mol. The summed E-state index contributed by atoms with van der Waals surface area (Å²) in [5.41, 5.74) is 1.39. The van der Waals surface area contributed by atoms with E-state index in [0.29, 0.717) is 12.1 Å². The monoisotopic (exact) mass is 351 g/mol. The molecule has 122 valence electrons. The predicted molar refractivity (Wildman–Crippen MR) is 93.9 cm³/mol. The lowest BCUT2D eigenvalue weighted by atomic mass is 10.2. The van der Waals surface area contributed by atoms with E-state index >= 15 is 0 Å². The third-order valence-corrected chi connectivity index (χ3v) is 6.77. The van der Waals surface area contributed by atoms with Gasteiger partial charge in [-0.2, -0.15) is 0 Å². The van der Waals surface area contributed by atoms with Gasteiger partial charge in [0.25, 0.3) is 5.91 Å². The van der Waals surface area contributed by atoms with Crippen molar-refractivity contribution in [3.63, 3.8) is 0 Å². The Morgan fingerprint density at radius 3 is 2.74 bits per heavy atom. The molecule has 0 radical (unpaired) electrons. The van der Waals surface area contributed by atoms with Crippen LogP contribution in [0.5, 0.6) is 0 Å². The molecule has 2 aliphatic heterocycles. The minimum Gasteiger partial charge on any atom is -0.349 e. The van der Waals surface area contributed by atoms with Crippen molar-refractivity contribution in [1.82, 2.24) is 5.32 Å². The van der Waals surface area contributed by atoms with Gasteiger partial charge in [0.1, 0.15) is 0 Å². The molecule has 1 fully saturated rings. The van der Waals surface area contributed by atoms with E-state index in [4.69, 9.17) is 0 Å². The fourth-order valence-corrected chi connectivity index (χ4v) is 6.19. The van der Waals surface area contributed by atoms with Crippen LogP contribution in [0.15, 0.2) is 41.9 Å². The second-order valence-corrected chi connectivity index (χ2v) is 8.82. The van der Waals surface area contributed by atoms with E-state index in [2.05, 4.69) is 22.2 Å². The summed E-state index contributed by atoms with van der Waals surface area (Å²) in [6.07, 6.45) is 1.63. The summed E-state index contributed by atoms with van der Waals surface area (Å²) in [4.78, 5) is 16.2. The number of nitrogens with one attached hydrogen (secondary N) is 2. The van der Waals surface area contributed by atoms with Crippen LogP contribution in [-0.4, -0.2) is 48.8 Å². The number of hydrogen-bond acceptors (Lipinski definition) is 6. The summed E-state index contributed by atoms with van der Waals surface area (Å²) in [7, 11) is -2.93. The Morgan fingerprint density at radius 1 is 1.35 bits per heavy atom. The Bertz CT molecular complexity index is 757. The van der Waals surface area contributed by atoms with Crippen LogP contribution < -0.4 is 10.6 Å². The van der Waals surface area contributed by atoms with Gasteiger partial charge in [-0.05, 0) is 24.3 Å².